The molecule has 0 bridgehead atoms. The molecule has 1 atom stereocenters. The highest BCUT2D eigenvalue weighted by atomic mass is 16.5. The zero-order chi connectivity index (χ0) is 19.4. The van der Waals surface area contributed by atoms with Crippen LogP contribution in [0.2, 0.25) is 0 Å². The van der Waals surface area contributed by atoms with Crippen LogP contribution in [0.5, 0.6) is 5.75 Å². The first-order valence-electron chi connectivity index (χ1n) is 8.65. The second-order valence-corrected chi connectivity index (χ2v) is 6.20. The van der Waals surface area contributed by atoms with E-state index in [0.717, 1.165) is 16.2 Å². The average Bonchev–Trinajstić information content (AvgIpc) is 2.93. The summed E-state index contributed by atoms with van der Waals surface area (Å²) in [5.41, 5.74) is 1.74. The predicted molar refractivity (Wildman–Crippen MR) is 99.8 cm³/mol. The molecule has 1 aliphatic heterocycles. The normalized spacial score (nSPS) is 13.9. The first kappa shape index (κ1) is 18.4. The van der Waals surface area contributed by atoms with Gasteiger partial charge < -0.3 is 15.4 Å². The number of rotatable bonds is 6. The Balaban J connectivity index is 1.48. The predicted octanol–water partition coefficient (Wildman–Crippen LogP) is 2.35. The van der Waals surface area contributed by atoms with Crippen LogP contribution in [0.25, 0.3) is 0 Å². The van der Waals surface area contributed by atoms with Gasteiger partial charge in [-0.3, -0.25) is 14.5 Å². The molecule has 140 valence electrons. The van der Waals surface area contributed by atoms with Crippen LogP contribution in [-0.4, -0.2) is 42.9 Å². The summed E-state index contributed by atoms with van der Waals surface area (Å²) in [6, 6.07) is 13.6. The first-order valence-corrected chi connectivity index (χ1v) is 8.65. The minimum atomic E-state index is -0.366. The molecule has 27 heavy (non-hydrogen) atoms. The van der Waals surface area contributed by atoms with Gasteiger partial charge in [-0.1, -0.05) is 24.3 Å². The molecular weight excluding hydrogens is 346 g/mol. The Hall–Kier alpha value is -3.35. The number of nitrogens with zero attached hydrogens (tertiary/aromatic N) is 1. The monoisotopic (exact) mass is 367 g/mol. The number of imide groups is 1. The average molecular weight is 367 g/mol. The largest absolute Gasteiger partial charge is 0.497 e. The van der Waals surface area contributed by atoms with Crippen molar-refractivity contribution in [3.63, 3.8) is 0 Å². The number of amides is 4. The number of hydrogen-bond acceptors (Lipinski definition) is 4. The number of hydrogen-bond donors (Lipinski definition) is 2. The number of methoxy groups -OCH3 is 1. The second kappa shape index (κ2) is 7.90. The van der Waals surface area contributed by atoms with Gasteiger partial charge in [0.15, 0.2) is 0 Å². The van der Waals surface area contributed by atoms with Crippen molar-refractivity contribution in [2.24, 2.45) is 0 Å². The third kappa shape index (κ3) is 3.92. The van der Waals surface area contributed by atoms with Crippen LogP contribution in [0, 0.1) is 0 Å². The second-order valence-electron chi connectivity index (χ2n) is 6.20. The molecule has 0 spiro atoms. The van der Waals surface area contributed by atoms with Gasteiger partial charge in [-0.25, -0.2) is 4.79 Å². The fraction of sp³-hybridized carbons (Fsp3) is 0.250. The zero-order valence-electron chi connectivity index (χ0n) is 15.2. The van der Waals surface area contributed by atoms with Crippen LogP contribution in [0.15, 0.2) is 48.5 Å². The van der Waals surface area contributed by atoms with E-state index in [9.17, 15) is 14.4 Å². The summed E-state index contributed by atoms with van der Waals surface area (Å²) in [6.07, 6.45) is 0. The zero-order valence-corrected chi connectivity index (χ0v) is 15.2. The van der Waals surface area contributed by atoms with Crippen LogP contribution in [0.4, 0.5) is 4.79 Å². The van der Waals surface area contributed by atoms with E-state index in [1.165, 1.54) is 0 Å². The Bertz CT molecular complexity index is 829. The van der Waals surface area contributed by atoms with Crippen molar-refractivity contribution in [1.82, 2.24) is 15.5 Å². The third-order valence-corrected chi connectivity index (χ3v) is 4.46. The van der Waals surface area contributed by atoms with Crippen LogP contribution in [0.1, 0.15) is 39.2 Å². The van der Waals surface area contributed by atoms with Gasteiger partial charge in [-0.2, -0.15) is 0 Å². The summed E-state index contributed by atoms with van der Waals surface area (Å²) in [4.78, 5) is 37.7. The van der Waals surface area contributed by atoms with Gasteiger partial charge in [0.05, 0.1) is 24.3 Å². The summed E-state index contributed by atoms with van der Waals surface area (Å²) in [5.74, 6) is 0.0881. The lowest BCUT2D eigenvalue weighted by Gasteiger charge is -2.17. The maximum atomic E-state index is 12.3. The summed E-state index contributed by atoms with van der Waals surface area (Å²) in [5, 5.41) is 5.50. The molecule has 2 N–H and O–H groups in total. The summed E-state index contributed by atoms with van der Waals surface area (Å²) in [7, 11) is 1.60. The molecule has 1 unspecified atom stereocenters. The van der Waals surface area contributed by atoms with Crippen molar-refractivity contribution < 1.29 is 19.1 Å². The summed E-state index contributed by atoms with van der Waals surface area (Å²) < 4.78 is 5.11. The van der Waals surface area contributed by atoms with E-state index in [1.807, 2.05) is 31.2 Å². The molecule has 1 heterocycles. The van der Waals surface area contributed by atoms with E-state index in [1.54, 1.807) is 31.4 Å². The highest BCUT2D eigenvalue weighted by Gasteiger charge is 2.34. The fourth-order valence-electron chi connectivity index (χ4n) is 2.95. The lowest BCUT2D eigenvalue weighted by Crippen LogP contribution is -2.42. The summed E-state index contributed by atoms with van der Waals surface area (Å²) in [6.45, 7) is 2.16. The molecule has 2 aromatic rings. The molecule has 2 aromatic carbocycles. The SMILES string of the molecule is COc1ccc(C(C)NC(=O)NCCN2C(=O)c3ccccc3C2=O)cc1. The molecular formula is C20H21N3O4. The number of nitrogens with one attached hydrogen (secondary N) is 2. The molecule has 7 heteroatoms. The van der Waals surface area contributed by atoms with Gasteiger partial charge in [0.1, 0.15) is 5.75 Å². The lowest BCUT2D eigenvalue weighted by molar-refractivity contribution is 0.0656. The Morgan fingerprint density at radius 2 is 1.63 bits per heavy atom. The molecule has 0 aromatic heterocycles. The number of benzene rings is 2. The van der Waals surface area contributed by atoms with E-state index in [4.69, 9.17) is 4.74 Å². The number of fused-ring (bicyclic) bond motifs is 1. The molecule has 1 aliphatic rings. The molecule has 0 aliphatic carbocycles. The highest BCUT2D eigenvalue weighted by molar-refractivity contribution is 6.21. The third-order valence-electron chi connectivity index (χ3n) is 4.46. The Morgan fingerprint density at radius 1 is 1.04 bits per heavy atom. The van der Waals surface area contributed by atoms with E-state index in [2.05, 4.69) is 10.6 Å². The molecule has 0 radical (unpaired) electrons. The van der Waals surface area contributed by atoms with Crippen molar-refractivity contribution in [1.29, 1.82) is 0 Å². The lowest BCUT2D eigenvalue weighted by atomic mass is 10.1. The van der Waals surface area contributed by atoms with Crippen molar-refractivity contribution in [3.05, 3.63) is 65.2 Å². The van der Waals surface area contributed by atoms with E-state index in [-0.39, 0.29) is 37.0 Å². The fourth-order valence-corrected chi connectivity index (χ4v) is 2.95. The molecule has 0 fully saturated rings. The molecule has 0 saturated carbocycles. The van der Waals surface area contributed by atoms with E-state index in [0.29, 0.717) is 11.1 Å². The van der Waals surface area contributed by atoms with E-state index >= 15 is 0 Å². The topological polar surface area (TPSA) is 87.7 Å². The van der Waals surface area contributed by atoms with Crippen molar-refractivity contribution >= 4 is 17.8 Å². The van der Waals surface area contributed by atoms with Crippen molar-refractivity contribution in [2.45, 2.75) is 13.0 Å². The first-order chi connectivity index (χ1) is 13.0. The van der Waals surface area contributed by atoms with Crippen LogP contribution >= 0.6 is 0 Å². The molecule has 0 saturated heterocycles. The maximum absolute atomic E-state index is 12.3. The van der Waals surface area contributed by atoms with Crippen LogP contribution in [-0.2, 0) is 0 Å². The smallest absolute Gasteiger partial charge is 0.315 e. The van der Waals surface area contributed by atoms with Crippen molar-refractivity contribution in [3.8, 4) is 5.75 Å². The molecule has 4 amide bonds. The number of carbonyl (C=O) groups excluding carboxylic acids is 3. The van der Waals surface area contributed by atoms with E-state index < -0.39 is 0 Å². The Labute approximate surface area is 157 Å². The molecule has 7 nitrogen and oxygen atoms in total. The van der Waals surface area contributed by atoms with Crippen LogP contribution in [0.3, 0.4) is 0 Å². The van der Waals surface area contributed by atoms with Crippen LogP contribution < -0.4 is 15.4 Å². The Kier molecular flexibility index (Phi) is 5.40. The standard InChI is InChI=1S/C20H21N3O4/c1-13(14-7-9-15(27-2)10-8-14)22-20(26)21-11-12-23-18(24)16-5-3-4-6-17(16)19(23)25/h3-10,13H,11-12H2,1-2H3,(H2,21,22,26). The number of ether oxygens (including phenoxy) is 1. The number of urea groups is 1. The van der Waals surface area contributed by atoms with Gasteiger partial charge in [-0.05, 0) is 36.8 Å². The van der Waals surface area contributed by atoms with Gasteiger partial charge in [0.25, 0.3) is 11.8 Å². The Morgan fingerprint density at radius 3 is 2.19 bits per heavy atom. The highest BCUT2D eigenvalue weighted by Crippen LogP contribution is 2.21. The van der Waals surface area contributed by atoms with Gasteiger partial charge in [0, 0.05) is 13.1 Å². The van der Waals surface area contributed by atoms with Gasteiger partial charge in [-0.15, -0.1) is 0 Å². The number of carbonyl (C=O) groups is 3. The minimum Gasteiger partial charge on any atom is -0.497 e. The van der Waals surface area contributed by atoms with Gasteiger partial charge in [0.2, 0.25) is 0 Å². The van der Waals surface area contributed by atoms with Gasteiger partial charge >= 0.3 is 6.03 Å². The summed E-state index contributed by atoms with van der Waals surface area (Å²) >= 11 is 0. The molecule has 3 rings (SSSR count). The quantitative estimate of drug-likeness (QED) is 0.767. The van der Waals surface area contributed by atoms with Crippen molar-refractivity contribution in [2.75, 3.05) is 20.2 Å². The minimum absolute atomic E-state index is 0.122. The maximum Gasteiger partial charge on any atom is 0.315 e.